The Morgan fingerprint density at radius 2 is 1.50 bits per heavy atom. The van der Waals surface area contributed by atoms with Gasteiger partial charge in [-0.05, 0) is 53.2 Å². The lowest BCUT2D eigenvalue weighted by Gasteiger charge is -2.39. The second-order valence-corrected chi connectivity index (χ2v) is 7.88. The van der Waals surface area contributed by atoms with E-state index < -0.39 is 66.1 Å². The van der Waals surface area contributed by atoms with Crippen molar-refractivity contribution in [1.29, 1.82) is 0 Å². The summed E-state index contributed by atoms with van der Waals surface area (Å²) in [6.45, 7) is -0.663. The Morgan fingerprint density at radius 3 is 2.18 bits per heavy atom. The Kier molecular flexibility index (Phi) is 6.21. The first kappa shape index (κ1) is 23.5. The summed E-state index contributed by atoms with van der Waals surface area (Å²) in [5, 5.41) is 79.2. The van der Waals surface area contributed by atoms with Gasteiger partial charge in [0.2, 0.25) is 6.29 Å². The van der Waals surface area contributed by atoms with Crippen LogP contribution in [0.2, 0.25) is 0 Å². The number of rotatable bonds is 5. The van der Waals surface area contributed by atoms with Crippen LogP contribution in [-0.4, -0.2) is 83.9 Å². The van der Waals surface area contributed by atoms with Crippen LogP contribution in [0, 0.1) is 0 Å². The molecule has 0 aromatic heterocycles. The molecule has 1 saturated heterocycles. The lowest BCUT2D eigenvalue weighted by molar-refractivity contribution is -0.277. The molecule has 1 heterocycles. The summed E-state index contributed by atoms with van der Waals surface area (Å²) in [6, 6.07) is 8.42. The standard InChI is InChI=1S/C23H22O11/c24-8-18-20(30)21(31)22(32)23(34-18)33-11-3-10-5-16(27)17(28)7-12(10)13(6-11)19(29)9-1-2-14(25)15(26)4-9/h1-7,18,20-28,30-32H,8H2. The second-order valence-electron chi connectivity index (χ2n) is 7.88. The molecule has 5 atom stereocenters. The van der Waals surface area contributed by atoms with Gasteiger partial charge in [0.1, 0.15) is 30.2 Å². The van der Waals surface area contributed by atoms with Crippen LogP contribution in [0.15, 0.2) is 42.5 Å². The van der Waals surface area contributed by atoms with Crippen LogP contribution in [0.25, 0.3) is 10.8 Å². The SMILES string of the molecule is O=C(c1ccc(O)c(O)c1)c1cc(OC2OC(CO)C(O)C(O)C2O)cc2cc(O)c(O)cc12. The smallest absolute Gasteiger partial charge is 0.229 e. The van der Waals surface area contributed by atoms with Crippen molar-refractivity contribution in [2.45, 2.75) is 30.7 Å². The molecule has 11 nitrogen and oxygen atoms in total. The third-order valence-corrected chi connectivity index (χ3v) is 5.60. The van der Waals surface area contributed by atoms with Crippen molar-refractivity contribution < 1.29 is 55.1 Å². The largest absolute Gasteiger partial charge is 0.504 e. The van der Waals surface area contributed by atoms with Gasteiger partial charge in [0.05, 0.1) is 6.61 Å². The van der Waals surface area contributed by atoms with Gasteiger partial charge in [-0.25, -0.2) is 0 Å². The van der Waals surface area contributed by atoms with E-state index in [1.807, 2.05) is 0 Å². The molecule has 0 amide bonds. The predicted octanol–water partition coefficient (Wildman–Crippen LogP) is 0.0719. The summed E-state index contributed by atoms with van der Waals surface area (Å²) in [7, 11) is 0. The average molecular weight is 474 g/mol. The molecular formula is C23H22O11. The zero-order chi connectivity index (χ0) is 24.7. The first-order chi connectivity index (χ1) is 16.1. The number of aliphatic hydroxyl groups is 4. The molecule has 0 spiro atoms. The number of carbonyl (C=O) groups is 1. The van der Waals surface area contributed by atoms with Crippen LogP contribution >= 0.6 is 0 Å². The number of fused-ring (bicyclic) bond motifs is 1. The first-order valence-corrected chi connectivity index (χ1v) is 10.1. The fourth-order valence-electron chi connectivity index (χ4n) is 3.74. The van der Waals surface area contributed by atoms with Gasteiger partial charge in [-0.1, -0.05) is 0 Å². The Morgan fingerprint density at radius 1 is 0.824 bits per heavy atom. The Labute approximate surface area is 191 Å². The van der Waals surface area contributed by atoms with E-state index in [1.54, 1.807) is 0 Å². The van der Waals surface area contributed by atoms with E-state index in [0.717, 1.165) is 18.2 Å². The number of hydrogen-bond acceptors (Lipinski definition) is 11. The predicted molar refractivity (Wildman–Crippen MR) is 115 cm³/mol. The minimum absolute atomic E-state index is 0.00541. The number of phenolic OH excluding ortho intramolecular Hbond substituents is 4. The van der Waals surface area contributed by atoms with Gasteiger partial charge in [0, 0.05) is 11.1 Å². The van der Waals surface area contributed by atoms with E-state index in [4.69, 9.17) is 9.47 Å². The topological polar surface area (TPSA) is 197 Å². The number of ether oxygens (including phenoxy) is 2. The maximum Gasteiger partial charge on any atom is 0.229 e. The van der Waals surface area contributed by atoms with Crippen molar-refractivity contribution in [3.8, 4) is 28.7 Å². The quantitative estimate of drug-likeness (QED) is 0.184. The molecule has 8 N–H and O–H groups in total. The molecule has 0 bridgehead atoms. The maximum atomic E-state index is 13.2. The van der Waals surface area contributed by atoms with Gasteiger partial charge in [0.25, 0.3) is 0 Å². The zero-order valence-electron chi connectivity index (χ0n) is 17.4. The third-order valence-electron chi connectivity index (χ3n) is 5.60. The lowest BCUT2D eigenvalue weighted by Crippen LogP contribution is -2.60. The average Bonchev–Trinajstić information content (AvgIpc) is 2.81. The molecule has 0 radical (unpaired) electrons. The van der Waals surface area contributed by atoms with E-state index in [2.05, 4.69) is 0 Å². The highest BCUT2D eigenvalue weighted by Gasteiger charge is 2.44. The molecule has 3 aromatic rings. The molecule has 5 unspecified atom stereocenters. The molecule has 1 fully saturated rings. The number of aliphatic hydroxyl groups excluding tert-OH is 4. The van der Waals surface area contributed by atoms with Gasteiger partial charge in [-0.3, -0.25) is 4.79 Å². The van der Waals surface area contributed by atoms with E-state index >= 15 is 0 Å². The number of hydrogen-bond donors (Lipinski definition) is 8. The first-order valence-electron chi connectivity index (χ1n) is 10.1. The molecule has 34 heavy (non-hydrogen) atoms. The third kappa shape index (κ3) is 4.18. The normalized spacial score (nSPS) is 24.8. The van der Waals surface area contributed by atoms with Crippen molar-refractivity contribution >= 4 is 16.6 Å². The summed E-state index contributed by atoms with van der Waals surface area (Å²) in [4.78, 5) is 13.2. The van der Waals surface area contributed by atoms with Crippen molar-refractivity contribution in [2.24, 2.45) is 0 Å². The van der Waals surface area contributed by atoms with E-state index in [-0.39, 0.29) is 27.6 Å². The number of ketones is 1. The van der Waals surface area contributed by atoms with Crippen LogP contribution in [0.1, 0.15) is 15.9 Å². The zero-order valence-corrected chi connectivity index (χ0v) is 17.4. The van der Waals surface area contributed by atoms with Crippen molar-refractivity contribution in [1.82, 2.24) is 0 Å². The maximum absolute atomic E-state index is 13.2. The van der Waals surface area contributed by atoms with Gasteiger partial charge in [-0.2, -0.15) is 0 Å². The molecular weight excluding hydrogens is 452 g/mol. The summed E-state index contributed by atoms with van der Waals surface area (Å²) < 4.78 is 11.0. The van der Waals surface area contributed by atoms with Gasteiger partial charge in [-0.15, -0.1) is 0 Å². The molecule has 1 aliphatic heterocycles. The molecule has 180 valence electrons. The van der Waals surface area contributed by atoms with Crippen molar-refractivity contribution in [2.75, 3.05) is 6.61 Å². The van der Waals surface area contributed by atoms with E-state index in [9.17, 15) is 45.6 Å². The van der Waals surface area contributed by atoms with E-state index in [1.165, 1.54) is 24.3 Å². The summed E-state index contributed by atoms with van der Waals surface area (Å²) in [5.74, 6) is -2.60. The minimum atomic E-state index is -1.70. The Balaban J connectivity index is 1.79. The number of phenols is 4. The lowest BCUT2D eigenvalue weighted by atomic mass is 9.96. The highest BCUT2D eigenvalue weighted by atomic mass is 16.7. The summed E-state index contributed by atoms with van der Waals surface area (Å²) >= 11 is 0. The molecule has 1 aliphatic rings. The highest BCUT2D eigenvalue weighted by Crippen LogP contribution is 2.37. The highest BCUT2D eigenvalue weighted by molar-refractivity contribution is 6.17. The van der Waals surface area contributed by atoms with Gasteiger partial charge < -0.3 is 50.3 Å². The van der Waals surface area contributed by atoms with E-state index in [0.29, 0.717) is 0 Å². The monoisotopic (exact) mass is 474 g/mol. The second kappa shape index (κ2) is 8.97. The fraction of sp³-hybridized carbons (Fsp3) is 0.261. The van der Waals surface area contributed by atoms with Gasteiger partial charge in [0.15, 0.2) is 28.8 Å². The summed E-state index contributed by atoms with van der Waals surface area (Å²) in [6.07, 6.45) is -7.71. The van der Waals surface area contributed by atoms with Crippen LogP contribution < -0.4 is 4.74 Å². The van der Waals surface area contributed by atoms with Crippen LogP contribution in [0.5, 0.6) is 28.7 Å². The summed E-state index contributed by atoms with van der Waals surface area (Å²) in [5.41, 5.74) is -0.0355. The van der Waals surface area contributed by atoms with Crippen molar-refractivity contribution in [3.63, 3.8) is 0 Å². The van der Waals surface area contributed by atoms with Crippen LogP contribution in [-0.2, 0) is 4.74 Å². The molecule has 0 aliphatic carbocycles. The molecule has 0 saturated carbocycles. The molecule has 4 rings (SSSR count). The fourth-order valence-corrected chi connectivity index (χ4v) is 3.74. The van der Waals surface area contributed by atoms with Crippen LogP contribution in [0.4, 0.5) is 0 Å². The Hall–Kier alpha value is -3.61. The number of carbonyl (C=O) groups excluding carboxylic acids is 1. The Bertz CT molecular complexity index is 1240. The van der Waals surface area contributed by atoms with Gasteiger partial charge >= 0.3 is 0 Å². The molecule has 11 heteroatoms. The van der Waals surface area contributed by atoms with Crippen molar-refractivity contribution in [3.05, 3.63) is 53.6 Å². The van der Waals surface area contributed by atoms with Crippen LogP contribution in [0.3, 0.4) is 0 Å². The number of benzene rings is 3. The molecule has 3 aromatic carbocycles. The number of aromatic hydroxyl groups is 4. The minimum Gasteiger partial charge on any atom is -0.504 e.